The largest absolute Gasteiger partial charge is 0.368 e. The van der Waals surface area contributed by atoms with E-state index in [9.17, 15) is 9.59 Å². The lowest BCUT2D eigenvalue weighted by Gasteiger charge is -2.23. The first-order valence-corrected chi connectivity index (χ1v) is 6.49. The van der Waals surface area contributed by atoms with Gasteiger partial charge in [-0.15, -0.1) is 11.8 Å². The van der Waals surface area contributed by atoms with Gasteiger partial charge >= 0.3 is 0 Å². The van der Waals surface area contributed by atoms with Crippen LogP contribution in [0, 0.1) is 0 Å². The predicted octanol–water partition coefficient (Wildman–Crippen LogP) is -0.585. The van der Waals surface area contributed by atoms with E-state index < -0.39 is 5.91 Å². The summed E-state index contributed by atoms with van der Waals surface area (Å²) in [5.41, 5.74) is 5.02. The summed E-state index contributed by atoms with van der Waals surface area (Å²) in [4.78, 5) is 23.6. The number of amides is 2. The smallest absolute Gasteiger partial charge is 0.237 e. The van der Waals surface area contributed by atoms with Crippen molar-refractivity contribution in [1.82, 2.24) is 10.2 Å². The van der Waals surface area contributed by atoms with Gasteiger partial charge in [-0.25, -0.2) is 0 Å². The molecule has 3 N–H and O–H groups in total. The Bertz CT molecular complexity index is 254. The first-order chi connectivity index (χ1) is 7.59. The summed E-state index contributed by atoms with van der Waals surface area (Å²) in [7, 11) is 1.61. The van der Waals surface area contributed by atoms with Crippen molar-refractivity contribution in [1.29, 1.82) is 0 Å². The highest BCUT2D eigenvalue weighted by Gasteiger charge is 2.17. The number of nitrogens with zero attached hydrogens (tertiary/aromatic N) is 1. The van der Waals surface area contributed by atoms with E-state index in [1.807, 2.05) is 0 Å². The third kappa shape index (κ3) is 4.85. The summed E-state index contributed by atoms with van der Waals surface area (Å²) in [6.45, 7) is 2.07. The normalized spacial score (nSPS) is 17.1. The first-order valence-electron chi connectivity index (χ1n) is 5.44. The van der Waals surface area contributed by atoms with Gasteiger partial charge in [-0.2, -0.15) is 0 Å². The zero-order chi connectivity index (χ0) is 12.0. The fourth-order valence-corrected chi connectivity index (χ4v) is 2.75. The number of nitrogens with two attached hydrogens (primary N) is 1. The van der Waals surface area contributed by atoms with Crippen LogP contribution in [-0.4, -0.2) is 54.4 Å². The molecule has 1 rings (SSSR count). The third-order valence-electron chi connectivity index (χ3n) is 2.55. The number of likely N-dealkylation sites (N-methyl/N-ethyl adjacent to an activating group) is 1. The van der Waals surface area contributed by atoms with Gasteiger partial charge in [0.25, 0.3) is 0 Å². The van der Waals surface area contributed by atoms with Crippen molar-refractivity contribution in [2.75, 3.05) is 32.4 Å². The SMILES string of the molecule is CN(CC(N)=O)C(=O)CSC1CCNCC1. The van der Waals surface area contributed by atoms with E-state index in [0.29, 0.717) is 11.0 Å². The molecule has 6 heteroatoms. The Labute approximate surface area is 100 Å². The molecule has 0 atom stereocenters. The quantitative estimate of drug-likeness (QED) is 0.679. The number of hydrogen-bond acceptors (Lipinski definition) is 4. The summed E-state index contributed by atoms with van der Waals surface area (Å²) in [6.07, 6.45) is 2.22. The summed E-state index contributed by atoms with van der Waals surface area (Å²) < 4.78 is 0. The molecule has 5 nitrogen and oxygen atoms in total. The van der Waals surface area contributed by atoms with Gasteiger partial charge in [0.05, 0.1) is 12.3 Å². The Hall–Kier alpha value is -0.750. The van der Waals surface area contributed by atoms with Crippen LogP contribution in [0.5, 0.6) is 0 Å². The molecule has 0 aliphatic carbocycles. The Morgan fingerprint density at radius 3 is 2.62 bits per heavy atom. The monoisotopic (exact) mass is 245 g/mol. The lowest BCUT2D eigenvalue weighted by Crippen LogP contribution is -2.37. The number of nitrogens with one attached hydrogen (secondary N) is 1. The topological polar surface area (TPSA) is 75.4 Å². The molecule has 0 aromatic rings. The van der Waals surface area contributed by atoms with Gasteiger partial charge in [-0.05, 0) is 25.9 Å². The number of carbonyl (C=O) groups excluding carboxylic acids is 2. The van der Waals surface area contributed by atoms with Crippen LogP contribution in [0.15, 0.2) is 0 Å². The van der Waals surface area contributed by atoms with Crippen molar-refractivity contribution in [3.63, 3.8) is 0 Å². The lowest BCUT2D eigenvalue weighted by atomic mass is 10.2. The molecule has 0 radical (unpaired) electrons. The van der Waals surface area contributed by atoms with Crippen molar-refractivity contribution >= 4 is 23.6 Å². The maximum absolute atomic E-state index is 11.6. The Kier molecular flexibility index (Phi) is 5.62. The molecule has 0 spiro atoms. The molecular weight excluding hydrogens is 226 g/mol. The van der Waals surface area contributed by atoms with Gasteiger partial charge in [-0.3, -0.25) is 9.59 Å². The van der Waals surface area contributed by atoms with Gasteiger partial charge in [0.1, 0.15) is 0 Å². The van der Waals surface area contributed by atoms with Crippen LogP contribution in [0.4, 0.5) is 0 Å². The second-order valence-electron chi connectivity index (χ2n) is 3.98. The number of hydrogen-bond donors (Lipinski definition) is 2. The highest BCUT2D eigenvalue weighted by Crippen LogP contribution is 2.20. The molecular formula is C10H19N3O2S. The minimum atomic E-state index is -0.470. The van der Waals surface area contributed by atoms with Gasteiger partial charge in [-0.1, -0.05) is 0 Å². The van der Waals surface area contributed by atoms with E-state index >= 15 is 0 Å². The van der Waals surface area contributed by atoms with E-state index in [4.69, 9.17) is 5.73 Å². The van der Waals surface area contributed by atoms with Crippen LogP contribution in [0.3, 0.4) is 0 Å². The van der Waals surface area contributed by atoms with Gasteiger partial charge in [0, 0.05) is 12.3 Å². The molecule has 1 aliphatic heterocycles. The molecule has 92 valence electrons. The molecule has 1 fully saturated rings. The number of rotatable bonds is 5. The van der Waals surface area contributed by atoms with Crippen LogP contribution >= 0.6 is 11.8 Å². The zero-order valence-corrected chi connectivity index (χ0v) is 10.4. The number of primary amides is 1. The second-order valence-corrected chi connectivity index (χ2v) is 5.27. The molecule has 0 bridgehead atoms. The maximum atomic E-state index is 11.6. The minimum Gasteiger partial charge on any atom is -0.368 e. The fraction of sp³-hybridized carbons (Fsp3) is 0.800. The van der Waals surface area contributed by atoms with Gasteiger partial charge in [0.15, 0.2) is 0 Å². The number of carbonyl (C=O) groups is 2. The van der Waals surface area contributed by atoms with Crippen LogP contribution in [0.2, 0.25) is 0 Å². The molecule has 1 heterocycles. The van der Waals surface area contributed by atoms with Crippen molar-refractivity contribution in [2.45, 2.75) is 18.1 Å². The second kappa shape index (κ2) is 6.75. The van der Waals surface area contributed by atoms with Crippen molar-refractivity contribution in [3.05, 3.63) is 0 Å². The van der Waals surface area contributed by atoms with Crippen molar-refractivity contribution < 1.29 is 9.59 Å². The van der Waals surface area contributed by atoms with Crippen LogP contribution in [0.25, 0.3) is 0 Å². The summed E-state index contributed by atoms with van der Waals surface area (Å²) in [5, 5.41) is 3.84. The Balaban J connectivity index is 2.20. The Morgan fingerprint density at radius 2 is 2.06 bits per heavy atom. The van der Waals surface area contributed by atoms with Crippen molar-refractivity contribution in [2.24, 2.45) is 5.73 Å². The van der Waals surface area contributed by atoms with Gasteiger partial charge in [0.2, 0.25) is 11.8 Å². The molecule has 16 heavy (non-hydrogen) atoms. The van der Waals surface area contributed by atoms with E-state index in [1.165, 1.54) is 4.90 Å². The molecule has 0 aromatic carbocycles. The molecule has 2 amide bonds. The molecule has 1 aliphatic rings. The average molecular weight is 245 g/mol. The Morgan fingerprint density at radius 1 is 1.44 bits per heavy atom. The van der Waals surface area contributed by atoms with Gasteiger partial charge < -0.3 is 16.0 Å². The molecule has 0 aromatic heterocycles. The highest BCUT2D eigenvalue weighted by atomic mass is 32.2. The highest BCUT2D eigenvalue weighted by molar-refractivity contribution is 8.00. The summed E-state index contributed by atoms with van der Waals surface area (Å²) >= 11 is 1.68. The standard InChI is InChI=1S/C10H19N3O2S/c1-13(6-9(11)14)10(15)7-16-8-2-4-12-5-3-8/h8,12H,2-7H2,1H3,(H2,11,14). The maximum Gasteiger partial charge on any atom is 0.237 e. The van der Waals surface area contributed by atoms with E-state index in [1.54, 1.807) is 18.8 Å². The predicted molar refractivity (Wildman–Crippen MR) is 65.2 cm³/mol. The molecule has 0 unspecified atom stereocenters. The lowest BCUT2D eigenvalue weighted by molar-refractivity contribution is -0.131. The molecule has 0 saturated carbocycles. The number of piperidine rings is 1. The van der Waals surface area contributed by atoms with Crippen molar-refractivity contribution in [3.8, 4) is 0 Å². The number of thioether (sulfide) groups is 1. The first kappa shape index (κ1) is 13.3. The zero-order valence-electron chi connectivity index (χ0n) is 9.57. The van der Waals surface area contributed by atoms with E-state index in [0.717, 1.165) is 25.9 Å². The fourth-order valence-electron chi connectivity index (χ4n) is 1.58. The minimum absolute atomic E-state index is 0.00557. The summed E-state index contributed by atoms with van der Waals surface area (Å²) in [6, 6.07) is 0. The van der Waals surface area contributed by atoms with Crippen LogP contribution in [0.1, 0.15) is 12.8 Å². The third-order valence-corrected chi connectivity index (χ3v) is 3.90. The van der Waals surface area contributed by atoms with E-state index in [-0.39, 0.29) is 12.5 Å². The average Bonchev–Trinajstić information content (AvgIpc) is 2.26. The van der Waals surface area contributed by atoms with Crippen LogP contribution in [-0.2, 0) is 9.59 Å². The molecule has 1 saturated heterocycles. The van der Waals surface area contributed by atoms with Crippen LogP contribution < -0.4 is 11.1 Å². The summed E-state index contributed by atoms with van der Waals surface area (Å²) in [5.74, 6) is -0.0564. The van der Waals surface area contributed by atoms with E-state index in [2.05, 4.69) is 5.32 Å².